The van der Waals surface area contributed by atoms with Crippen LogP contribution < -0.4 is 9.64 Å². The number of benzene rings is 1. The third-order valence-electron chi connectivity index (χ3n) is 3.98. The molecule has 0 aromatic heterocycles. The van der Waals surface area contributed by atoms with Crippen molar-refractivity contribution in [3.05, 3.63) is 27.8 Å². The quantitative estimate of drug-likeness (QED) is 0.668. The molecule has 1 saturated heterocycles. The lowest BCUT2D eigenvalue weighted by molar-refractivity contribution is -0.384. The van der Waals surface area contributed by atoms with Gasteiger partial charge in [-0.3, -0.25) is 10.1 Å². The molecule has 6 nitrogen and oxygen atoms in total. The van der Waals surface area contributed by atoms with Gasteiger partial charge in [0.15, 0.2) is 0 Å². The number of nitro groups is 1. The maximum absolute atomic E-state index is 13.5. The van der Waals surface area contributed by atoms with Crippen molar-refractivity contribution in [2.45, 2.75) is 37.9 Å². The zero-order valence-corrected chi connectivity index (χ0v) is 12.2. The van der Waals surface area contributed by atoms with E-state index in [1.807, 2.05) is 13.8 Å². The number of β-amino-alcohol motifs (C(OH)–C–C–N with tert-alkyl or cyclic N) is 1. The summed E-state index contributed by atoms with van der Waals surface area (Å²) >= 11 is 0. The van der Waals surface area contributed by atoms with Gasteiger partial charge in [-0.1, -0.05) is 0 Å². The monoisotopic (exact) mass is 314 g/mol. The molecule has 22 heavy (non-hydrogen) atoms. The van der Waals surface area contributed by atoms with Crippen molar-refractivity contribution in [3.8, 4) is 5.75 Å². The molecule has 1 fully saturated rings. The van der Waals surface area contributed by atoms with Crippen LogP contribution in [-0.2, 0) is 6.42 Å². The molecule has 1 unspecified atom stereocenters. The topological polar surface area (TPSA) is 75.8 Å². The first-order valence-electron chi connectivity index (χ1n) is 6.90. The smallest absolute Gasteiger partial charge is 0.293 e. The molecule has 2 aliphatic rings. The van der Waals surface area contributed by atoms with Crippen LogP contribution in [-0.4, -0.2) is 40.7 Å². The minimum absolute atomic E-state index is 0.0534. The number of rotatable bonds is 2. The van der Waals surface area contributed by atoms with Gasteiger partial charge in [-0.05, 0) is 13.8 Å². The van der Waals surface area contributed by atoms with E-state index in [1.165, 1.54) is 12.1 Å². The summed E-state index contributed by atoms with van der Waals surface area (Å²) in [5.41, 5.74) is 0.0121. The van der Waals surface area contributed by atoms with E-state index in [4.69, 9.17) is 4.74 Å². The van der Waals surface area contributed by atoms with E-state index in [9.17, 15) is 24.0 Å². The number of aliphatic hydroxyl groups excluding tert-OH is 1. The molecule has 0 spiro atoms. The summed E-state index contributed by atoms with van der Waals surface area (Å²) in [6.45, 7) is 2.60. The predicted molar refractivity (Wildman–Crippen MR) is 74.7 cm³/mol. The number of hydrogen-bond acceptors (Lipinski definition) is 5. The first-order valence-corrected chi connectivity index (χ1v) is 6.90. The Kier molecular flexibility index (Phi) is 3.07. The maximum Gasteiger partial charge on any atom is 0.293 e. The molecule has 0 amide bonds. The molecule has 0 radical (unpaired) electrons. The first-order chi connectivity index (χ1) is 10.1. The summed E-state index contributed by atoms with van der Waals surface area (Å²) in [6.07, 6.45) is -1.32. The summed E-state index contributed by atoms with van der Waals surface area (Å²) in [4.78, 5) is 11.8. The second kappa shape index (κ2) is 4.52. The lowest BCUT2D eigenvalue weighted by atomic mass is 10.0. The number of halogens is 2. The molecule has 1 N–H and O–H groups in total. The van der Waals surface area contributed by atoms with Crippen LogP contribution in [0.25, 0.3) is 0 Å². The van der Waals surface area contributed by atoms with Crippen LogP contribution in [0.3, 0.4) is 0 Å². The molecular formula is C14H16F2N2O4. The van der Waals surface area contributed by atoms with Gasteiger partial charge in [0.1, 0.15) is 23.1 Å². The Hall–Kier alpha value is -1.96. The van der Waals surface area contributed by atoms with E-state index in [-0.39, 0.29) is 17.9 Å². The number of alkyl halides is 2. The molecule has 2 heterocycles. The van der Waals surface area contributed by atoms with Crippen LogP contribution in [0.15, 0.2) is 12.1 Å². The van der Waals surface area contributed by atoms with Crippen molar-refractivity contribution in [2.24, 2.45) is 0 Å². The van der Waals surface area contributed by atoms with E-state index in [2.05, 4.69) is 0 Å². The van der Waals surface area contributed by atoms with Crippen LogP contribution >= 0.6 is 0 Å². The van der Waals surface area contributed by atoms with Crippen molar-refractivity contribution >= 4 is 11.4 Å². The van der Waals surface area contributed by atoms with Crippen LogP contribution in [0.5, 0.6) is 5.75 Å². The van der Waals surface area contributed by atoms with Gasteiger partial charge in [0, 0.05) is 24.1 Å². The lowest BCUT2D eigenvalue weighted by Gasteiger charge is -2.19. The molecule has 8 heteroatoms. The van der Waals surface area contributed by atoms with Crippen molar-refractivity contribution < 1.29 is 23.5 Å². The van der Waals surface area contributed by atoms with Crippen molar-refractivity contribution in [3.63, 3.8) is 0 Å². The van der Waals surface area contributed by atoms with Crippen LogP contribution in [0.4, 0.5) is 20.2 Å². The predicted octanol–water partition coefficient (Wildman–Crippen LogP) is 2.12. The summed E-state index contributed by atoms with van der Waals surface area (Å²) in [7, 11) is 0. The minimum Gasteiger partial charge on any atom is -0.487 e. The number of fused-ring (bicyclic) bond motifs is 1. The van der Waals surface area contributed by atoms with E-state index in [1.54, 1.807) is 0 Å². The summed E-state index contributed by atoms with van der Waals surface area (Å²) in [5.74, 6) is -2.82. The molecule has 120 valence electrons. The Morgan fingerprint density at radius 2 is 2.14 bits per heavy atom. The van der Waals surface area contributed by atoms with Gasteiger partial charge in [0.2, 0.25) is 0 Å². The Morgan fingerprint density at radius 1 is 1.45 bits per heavy atom. The highest BCUT2D eigenvalue weighted by Crippen LogP contribution is 2.44. The van der Waals surface area contributed by atoms with E-state index in [0.717, 1.165) is 4.90 Å². The molecule has 0 saturated carbocycles. The van der Waals surface area contributed by atoms with Gasteiger partial charge in [0.05, 0.1) is 18.0 Å². The zero-order valence-electron chi connectivity index (χ0n) is 12.2. The van der Waals surface area contributed by atoms with Crippen molar-refractivity contribution in [1.82, 2.24) is 0 Å². The molecule has 1 aromatic rings. The normalized spacial score (nSPS) is 25.0. The minimum atomic E-state index is -3.28. The van der Waals surface area contributed by atoms with Crippen LogP contribution in [0.1, 0.15) is 19.4 Å². The second-order valence-corrected chi connectivity index (χ2v) is 6.40. The van der Waals surface area contributed by atoms with Crippen molar-refractivity contribution in [2.75, 3.05) is 18.0 Å². The SMILES string of the molecule is CC1(C)Cc2cc([N+](=O)[O-])c(N3CC(O)C(F)(F)C3)cc2O1. The molecule has 2 aliphatic heterocycles. The van der Waals surface area contributed by atoms with Crippen LogP contribution in [0, 0.1) is 10.1 Å². The van der Waals surface area contributed by atoms with E-state index >= 15 is 0 Å². The van der Waals surface area contributed by atoms with Gasteiger partial charge in [0.25, 0.3) is 11.6 Å². The van der Waals surface area contributed by atoms with Gasteiger partial charge >= 0.3 is 0 Å². The largest absolute Gasteiger partial charge is 0.487 e. The summed E-state index contributed by atoms with van der Waals surface area (Å²) in [6, 6.07) is 2.80. The Bertz CT molecular complexity index is 648. The third kappa shape index (κ3) is 2.37. The molecule has 0 aliphatic carbocycles. The average molecular weight is 314 g/mol. The Labute approximate surface area is 125 Å². The summed E-state index contributed by atoms with van der Waals surface area (Å²) in [5, 5.41) is 20.7. The van der Waals surface area contributed by atoms with Gasteiger partial charge < -0.3 is 14.7 Å². The Balaban J connectivity index is 2.03. The summed E-state index contributed by atoms with van der Waals surface area (Å²) < 4.78 is 32.7. The van der Waals surface area contributed by atoms with Gasteiger partial charge in [-0.15, -0.1) is 0 Å². The molecule has 1 aromatic carbocycles. The maximum atomic E-state index is 13.5. The average Bonchev–Trinajstić information content (AvgIpc) is 2.82. The number of ether oxygens (including phenoxy) is 1. The number of nitrogens with zero attached hydrogens (tertiary/aromatic N) is 2. The standard InChI is InChI=1S/C14H16F2N2O4/c1-13(2)5-8-3-10(18(20)21)9(4-11(8)22-13)17-6-12(19)14(15,16)7-17/h3-4,12,19H,5-7H2,1-2H3. The second-order valence-electron chi connectivity index (χ2n) is 6.40. The first kappa shape index (κ1) is 15.0. The lowest BCUT2D eigenvalue weighted by Crippen LogP contribution is -2.31. The molecule has 1 atom stereocenters. The number of anilines is 1. The Morgan fingerprint density at radius 3 is 2.68 bits per heavy atom. The number of nitro benzene ring substituents is 1. The van der Waals surface area contributed by atoms with E-state index in [0.29, 0.717) is 17.7 Å². The van der Waals surface area contributed by atoms with E-state index < -0.39 is 29.1 Å². The molecule has 0 bridgehead atoms. The van der Waals surface area contributed by atoms with Gasteiger partial charge in [-0.25, -0.2) is 8.78 Å². The highest BCUT2D eigenvalue weighted by Gasteiger charge is 2.49. The highest BCUT2D eigenvalue weighted by molar-refractivity contribution is 5.69. The number of aliphatic hydroxyl groups is 1. The van der Waals surface area contributed by atoms with Crippen LogP contribution in [0.2, 0.25) is 0 Å². The fourth-order valence-electron chi connectivity index (χ4n) is 2.98. The zero-order chi connectivity index (χ0) is 16.3. The third-order valence-corrected chi connectivity index (χ3v) is 3.98. The number of hydrogen-bond donors (Lipinski definition) is 1. The fourth-order valence-corrected chi connectivity index (χ4v) is 2.98. The fraction of sp³-hybridized carbons (Fsp3) is 0.571. The molecule has 3 rings (SSSR count). The van der Waals surface area contributed by atoms with Gasteiger partial charge in [-0.2, -0.15) is 0 Å². The highest BCUT2D eigenvalue weighted by atomic mass is 19.3. The van der Waals surface area contributed by atoms with Crippen molar-refractivity contribution in [1.29, 1.82) is 0 Å². The molecular weight excluding hydrogens is 298 g/mol.